The van der Waals surface area contributed by atoms with E-state index < -0.39 is 0 Å². The molecule has 2 aromatic rings. The number of rotatable bonds is 4. The highest BCUT2D eigenvalue weighted by Gasteiger charge is 2.02. The highest BCUT2D eigenvalue weighted by molar-refractivity contribution is 6.37. The predicted molar refractivity (Wildman–Crippen MR) is 83.8 cm³/mol. The van der Waals surface area contributed by atoms with Gasteiger partial charge in [0.1, 0.15) is 0 Å². The maximum absolute atomic E-state index is 11.7. The summed E-state index contributed by atoms with van der Waals surface area (Å²) in [5.41, 5.74) is 1.69. The molecule has 0 saturated carbocycles. The van der Waals surface area contributed by atoms with Crippen LogP contribution in [0, 0.1) is 0 Å². The molecule has 0 unspecified atom stereocenters. The van der Waals surface area contributed by atoms with Crippen LogP contribution in [0.15, 0.2) is 54.6 Å². The van der Waals surface area contributed by atoms with Crippen molar-refractivity contribution in [2.45, 2.75) is 6.54 Å². The first-order chi connectivity index (χ1) is 9.66. The molecular formula is C16H13Cl2NO. The van der Waals surface area contributed by atoms with Crippen LogP contribution in [-0.4, -0.2) is 5.91 Å². The molecule has 0 heterocycles. The summed E-state index contributed by atoms with van der Waals surface area (Å²) in [6.45, 7) is 0.486. The Bertz CT molecular complexity index is 603. The first-order valence-corrected chi connectivity index (χ1v) is 6.86. The lowest BCUT2D eigenvalue weighted by Gasteiger charge is -2.03. The first-order valence-electron chi connectivity index (χ1n) is 6.10. The van der Waals surface area contributed by atoms with E-state index in [-0.39, 0.29) is 5.91 Å². The molecule has 0 atom stereocenters. The largest absolute Gasteiger partial charge is 0.348 e. The average Bonchev–Trinajstić information content (AvgIpc) is 2.46. The quantitative estimate of drug-likeness (QED) is 0.837. The Morgan fingerprint density at radius 2 is 1.65 bits per heavy atom. The molecule has 102 valence electrons. The van der Waals surface area contributed by atoms with Crippen LogP contribution in [0.3, 0.4) is 0 Å². The molecule has 2 nitrogen and oxygen atoms in total. The van der Waals surface area contributed by atoms with Crippen LogP contribution in [0.2, 0.25) is 10.0 Å². The summed E-state index contributed by atoms with van der Waals surface area (Å²) in [7, 11) is 0. The summed E-state index contributed by atoms with van der Waals surface area (Å²) in [6.07, 6.45) is 3.04. The number of carbonyl (C=O) groups is 1. The van der Waals surface area contributed by atoms with Crippen molar-refractivity contribution in [3.8, 4) is 0 Å². The van der Waals surface area contributed by atoms with Crippen molar-refractivity contribution in [2.75, 3.05) is 0 Å². The van der Waals surface area contributed by atoms with Crippen LogP contribution in [0.4, 0.5) is 0 Å². The van der Waals surface area contributed by atoms with E-state index in [0.29, 0.717) is 22.2 Å². The fourth-order valence-corrected chi connectivity index (χ4v) is 2.20. The topological polar surface area (TPSA) is 29.1 Å². The van der Waals surface area contributed by atoms with Crippen LogP contribution in [0.5, 0.6) is 0 Å². The molecule has 2 rings (SSSR count). The standard InChI is InChI=1S/C16H13Cl2NO/c17-14-7-4-8-15(18)13(14)9-10-16(20)19-11-12-5-2-1-3-6-12/h1-10H,11H2,(H,19,20)/b10-9-. The van der Waals surface area contributed by atoms with Gasteiger partial charge in [-0.1, -0.05) is 59.6 Å². The Morgan fingerprint density at radius 3 is 2.30 bits per heavy atom. The van der Waals surface area contributed by atoms with Crippen LogP contribution >= 0.6 is 23.2 Å². The van der Waals surface area contributed by atoms with Crippen molar-refractivity contribution in [1.82, 2.24) is 5.32 Å². The van der Waals surface area contributed by atoms with E-state index in [1.165, 1.54) is 6.08 Å². The van der Waals surface area contributed by atoms with Gasteiger partial charge in [0.2, 0.25) is 5.91 Å². The zero-order valence-corrected chi connectivity index (χ0v) is 12.2. The molecular weight excluding hydrogens is 293 g/mol. The number of nitrogens with one attached hydrogen (secondary N) is 1. The Morgan fingerprint density at radius 1 is 1.00 bits per heavy atom. The number of amides is 1. The van der Waals surface area contributed by atoms with Gasteiger partial charge in [-0.2, -0.15) is 0 Å². The van der Waals surface area contributed by atoms with Crippen LogP contribution < -0.4 is 5.32 Å². The molecule has 0 radical (unpaired) electrons. The van der Waals surface area contributed by atoms with Crippen LogP contribution in [-0.2, 0) is 11.3 Å². The number of carbonyl (C=O) groups excluding carboxylic acids is 1. The predicted octanol–water partition coefficient (Wildman–Crippen LogP) is 4.32. The van der Waals surface area contributed by atoms with Gasteiger partial charge in [0.15, 0.2) is 0 Å². The van der Waals surface area contributed by atoms with E-state index in [4.69, 9.17) is 23.2 Å². The normalized spacial score (nSPS) is 10.7. The van der Waals surface area contributed by atoms with Crippen LogP contribution in [0.1, 0.15) is 11.1 Å². The molecule has 0 fully saturated rings. The summed E-state index contributed by atoms with van der Waals surface area (Å²) in [6, 6.07) is 14.9. The monoisotopic (exact) mass is 305 g/mol. The lowest BCUT2D eigenvalue weighted by molar-refractivity contribution is -0.116. The Balaban J connectivity index is 1.96. The zero-order chi connectivity index (χ0) is 14.4. The molecule has 4 heteroatoms. The number of hydrogen-bond acceptors (Lipinski definition) is 1. The third-order valence-corrected chi connectivity index (χ3v) is 3.37. The SMILES string of the molecule is O=C(/C=C\c1c(Cl)cccc1Cl)NCc1ccccc1. The summed E-state index contributed by atoms with van der Waals surface area (Å²) in [5.74, 6) is -0.190. The Labute approximate surface area is 128 Å². The summed E-state index contributed by atoms with van der Waals surface area (Å²) in [4.78, 5) is 11.7. The lowest BCUT2D eigenvalue weighted by Crippen LogP contribution is -2.20. The molecule has 0 spiro atoms. The maximum atomic E-state index is 11.7. The van der Waals surface area contributed by atoms with Crippen LogP contribution in [0.25, 0.3) is 6.08 Å². The molecule has 0 aliphatic heterocycles. The van der Waals surface area contributed by atoms with Gasteiger partial charge >= 0.3 is 0 Å². The van der Waals surface area contributed by atoms with Crippen molar-refractivity contribution in [2.24, 2.45) is 0 Å². The van der Waals surface area contributed by atoms with Crippen molar-refractivity contribution in [3.63, 3.8) is 0 Å². The number of benzene rings is 2. The van der Waals surface area contributed by atoms with E-state index in [1.807, 2.05) is 30.3 Å². The minimum absolute atomic E-state index is 0.190. The molecule has 2 aromatic carbocycles. The van der Waals surface area contributed by atoms with E-state index >= 15 is 0 Å². The third-order valence-electron chi connectivity index (χ3n) is 2.71. The van der Waals surface area contributed by atoms with E-state index in [0.717, 1.165) is 5.56 Å². The average molecular weight is 306 g/mol. The summed E-state index contributed by atoms with van der Waals surface area (Å²) < 4.78 is 0. The highest BCUT2D eigenvalue weighted by Crippen LogP contribution is 2.25. The van der Waals surface area contributed by atoms with Gasteiger partial charge in [-0.15, -0.1) is 0 Å². The van der Waals surface area contributed by atoms with Gasteiger partial charge in [0.05, 0.1) is 0 Å². The highest BCUT2D eigenvalue weighted by atomic mass is 35.5. The minimum atomic E-state index is -0.190. The molecule has 0 bridgehead atoms. The fourth-order valence-electron chi connectivity index (χ4n) is 1.67. The maximum Gasteiger partial charge on any atom is 0.244 e. The van der Waals surface area contributed by atoms with Crippen molar-refractivity contribution in [1.29, 1.82) is 0 Å². The molecule has 20 heavy (non-hydrogen) atoms. The third kappa shape index (κ3) is 4.12. The Hall–Kier alpha value is -1.77. The number of hydrogen-bond donors (Lipinski definition) is 1. The van der Waals surface area contributed by atoms with E-state index in [1.54, 1.807) is 24.3 Å². The van der Waals surface area contributed by atoms with Crippen molar-refractivity contribution >= 4 is 35.2 Å². The number of halogens is 2. The van der Waals surface area contributed by atoms with Crippen molar-refractivity contribution < 1.29 is 4.79 Å². The van der Waals surface area contributed by atoms with E-state index in [2.05, 4.69) is 5.32 Å². The van der Waals surface area contributed by atoms with Gasteiger partial charge < -0.3 is 5.32 Å². The van der Waals surface area contributed by atoms with Gasteiger partial charge in [0, 0.05) is 28.2 Å². The molecule has 0 aliphatic carbocycles. The van der Waals surface area contributed by atoms with Gasteiger partial charge in [0.25, 0.3) is 0 Å². The summed E-state index contributed by atoms with van der Waals surface area (Å²) >= 11 is 12.0. The second-order valence-corrected chi connectivity index (χ2v) is 4.99. The zero-order valence-electron chi connectivity index (χ0n) is 10.6. The molecule has 0 aliphatic rings. The smallest absolute Gasteiger partial charge is 0.244 e. The molecule has 0 saturated heterocycles. The second-order valence-electron chi connectivity index (χ2n) is 4.17. The lowest BCUT2D eigenvalue weighted by atomic mass is 10.2. The van der Waals surface area contributed by atoms with Gasteiger partial charge in [-0.05, 0) is 23.8 Å². The van der Waals surface area contributed by atoms with Gasteiger partial charge in [-0.3, -0.25) is 4.79 Å². The first kappa shape index (κ1) is 14.6. The van der Waals surface area contributed by atoms with E-state index in [9.17, 15) is 4.79 Å². The second kappa shape index (κ2) is 7.13. The molecule has 1 amide bonds. The molecule has 0 aromatic heterocycles. The fraction of sp³-hybridized carbons (Fsp3) is 0.0625. The minimum Gasteiger partial charge on any atom is -0.348 e. The van der Waals surface area contributed by atoms with Crippen molar-refractivity contribution in [3.05, 3.63) is 75.8 Å². The van der Waals surface area contributed by atoms with Gasteiger partial charge in [-0.25, -0.2) is 0 Å². The Kier molecular flexibility index (Phi) is 5.22. The summed E-state index contributed by atoms with van der Waals surface area (Å²) in [5, 5.41) is 3.83. The molecule has 1 N–H and O–H groups in total.